The molecular formula is C90H57BN6. The molecule has 7 heteroatoms. The number of para-hydroxylation sites is 10. The van der Waals surface area contributed by atoms with Gasteiger partial charge in [0.15, 0.2) is 0 Å². The van der Waals surface area contributed by atoms with Gasteiger partial charge in [0.05, 0.1) is 66.9 Å². The molecule has 0 saturated heterocycles. The van der Waals surface area contributed by atoms with Gasteiger partial charge in [0.2, 0.25) is 0 Å². The number of rotatable bonds is 8. The Morgan fingerprint density at radius 1 is 0.196 bits per heavy atom. The van der Waals surface area contributed by atoms with Gasteiger partial charge in [0, 0.05) is 88.3 Å². The van der Waals surface area contributed by atoms with Crippen molar-refractivity contribution in [2.45, 2.75) is 0 Å². The lowest BCUT2D eigenvalue weighted by Gasteiger charge is -2.45. The molecule has 0 saturated carbocycles. The van der Waals surface area contributed by atoms with Crippen molar-refractivity contribution in [2.24, 2.45) is 0 Å². The third-order valence-electron chi connectivity index (χ3n) is 20.9. The zero-order chi connectivity index (χ0) is 63.4. The van der Waals surface area contributed by atoms with E-state index in [9.17, 15) is 0 Å². The number of hydrogen-bond donors (Lipinski definition) is 0. The Kier molecular flexibility index (Phi) is 11.5. The molecule has 0 bridgehead atoms. The molecule has 0 amide bonds. The molecule has 0 radical (unpaired) electrons. The van der Waals surface area contributed by atoms with Gasteiger partial charge in [0.1, 0.15) is 0 Å². The van der Waals surface area contributed by atoms with E-state index in [2.05, 4.69) is 374 Å². The van der Waals surface area contributed by atoms with Crippen LogP contribution in [0.2, 0.25) is 0 Å². The summed E-state index contributed by atoms with van der Waals surface area (Å²) in [4.78, 5) is 5.15. The van der Waals surface area contributed by atoms with Crippen molar-refractivity contribution >= 4 is 144 Å². The Balaban J connectivity index is 0.885. The van der Waals surface area contributed by atoms with Gasteiger partial charge in [-0.25, -0.2) is 0 Å². The maximum atomic E-state index is 2.58. The largest absolute Gasteiger partial charge is 0.311 e. The van der Waals surface area contributed by atoms with Crippen molar-refractivity contribution in [3.05, 3.63) is 346 Å². The maximum absolute atomic E-state index is 2.58. The number of benzene rings is 15. The van der Waals surface area contributed by atoms with E-state index in [4.69, 9.17) is 0 Å². The average Bonchev–Trinajstić information content (AvgIpc) is 1.06. The highest BCUT2D eigenvalue weighted by Gasteiger charge is 2.45. The molecule has 6 nitrogen and oxygen atoms in total. The molecule has 0 atom stereocenters. The van der Waals surface area contributed by atoms with Gasteiger partial charge in [-0.3, -0.25) is 0 Å². The molecule has 4 aromatic heterocycles. The lowest BCUT2D eigenvalue weighted by Crippen LogP contribution is -2.61. The number of nitrogens with zero attached hydrogens (tertiary/aromatic N) is 6. The van der Waals surface area contributed by atoms with E-state index in [0.717, 1.165) is 101 Å². The molecule has 0 fully saturated rings. The van der Waals surface area contributed by atoms with Crippen LogP contribution in [0, 0.1) is 0 Å². The van der Waals surface area contributed by atoms with Gasteiger partial charge >= 0.3 is 0 Å². The summed E-state index contributed by atoms with van der Waals surface area (Å²) in [6.07, 6.45) is 0. The van der Waals surface area contributed by atoms with E-state index >= 15 is 0 Å². The normalized spacial score (nSPS) is 12.7. The molecule has 0 aliphatic carbocycles. The lowest BCUT2D eigenvalue weighted by molar-refractivity contribution is 1.13. The second-order valence-corrected chi connectivity index (χ2v) is 25.9. The summed E-state index contributed by atoms with van der Waals surface area (Å²) in [6.45, 7) is -0.258. The van der Waals surface area contributed by atoms with Crippen LogP contribution in [0.1, 0.15) is 0 Å². The number of anilines is 6. The summed E-state index contributed by atoms with van der Waals surface area (Å²) < 4.78 is 10.1. The molecule has 15 aromatic carbocycles. The molecule has 2 aliphatic rings. The van der Waals surface area contributed by atoms with E-state index in [-0.39, 0.29) is 6.71 Å². The lowest BCUT2D eigenvalue weighted by atomic mass is 9.33. The van der Waals surface area contributed by atoms with Gasteiger partial charge in [-0.05, 0) is 137 Å². The van der Waals surface area contributed by atoms with E-state index in [1.807, 2.05) is 0 Å². The van der Waals surface area contributed by atoms with Gasteiger partial charge in [-0.15, -0.1) is 0 Å². The quantitative estimate of drug-likeness (QED) is 0.142. The zero-order valence-electron chi connectivity index (χ0n) is 52.7. The van der Waals surface area contributed by atoms with Crippen LogP contribution >= 0.6 is 0 Å². The van der Waals surface area contributed by atoms with Crippen LogP contribution in [-0.2, 0) is 0 Å². The highest BCUT2D eigenvalue weighted by Crippen LogP contribution is 2.50. The molecule has 19 aromatic rings. The minimum absolute atomic E-state index is 0.258. The Morgan fingerprint density at radius 3 is 0.876 bits per heavy atom. The molecule has 0 spiro atoms. The fraction of sp³-hybridized carbons (Fsp3) is 0. The highest BCUT2D eigenvalue weighted by molar-refractivity contribution is 7.00. The summed E-state index contributed by atoms with van der Waals surface area (Å²) in [5.41, 5.74) is 28.8. The summed E-state index contributed by atoms with van der Waals surface area (Å²) in [5.74, 6) is 0. The molecule has 0 unspecified atom stereocenters. The Hall–Kier alpha value is -12.8. The predicted octanol–water partition coefficient (Wildman–Crippen LogP) is 21.5. The minimum Gasteiger partial charge on any atom is -0.311 e. The van der Waals surface area contributed by atoms with Crippen LogP contribution in [0.25, 0.3) is 132 Å². The maximum Gasteiger partial charge on any atom is 0.252 e. The van der Waals surface area contributed by atoms with E-state index < -0.39 is 0 Å². The van der Waals surface area contributed by atoms with Crippen LogP contribution in [0.5, 0.6) is 0 Å². The fourth-order valence-corrected chi connectivity index (χ4v) is 17.0. The van der Waals surface area contributed by atoms with Gasteiger partial charge in [0.25, 0.3) is 6.71 Å². The van der Waals surface area contributed by atoms with Crippen molar-refractivity contribution in [3.8, 4) is 45.0 Å². The SMILES string of the molecule is c1ccc(-c2ccccc2N2c3ccc(-n4c5ccccc5c5cccc(-n6c7ccccc7c7ccccc76)c54)cc3B3c4cc(-n5c6ccccc6c6cccc(-n7c8ccccc8c8ccccc87)c65)ccc4N(c4ccccc4-c4ccccc4)c4cccc2c43)cc1. The number of aromatic nitrogens is 4. The van der Waals surface area contributed by atoms with Crippen LogP contribution in [0.15, 0.2) is 346 Å². The van der Waals surface area contributed by atoms with Crippen molar-refractivity contribution in [1.82, 2.24) is 18.3 Å². The zero-order valence-corrected chi connectivity index (χ0v) is 52.7. The van der Waals surface area contributed by atoms with Gasteiger partial charge in [-0.2, -0.15) is 0 Å². The topological polar surface area (TPSA) is 26.2 Å². The van der Waals surface area contributed by atoms with Crippen LogP contribution < -0.4 is 26.2 Å². The second-order valence-electron chi connectivity index (χ2n) is 25.9. The third kappa shape index (κ3) is 7.68. The highest BCUT2D eigenvalue weighted by atomic mass is 15.2. The molecule has 2 aliphatic heterocycles. The van der Waals surface area contributed by atoms with Crippen molar-refractivity contribution in [1.29, 1.82) is 0 Å². The molecule has 6 heterocycles. The summed E-state index contributed by atoms with van der Waals surface area (Å²) in [7, 11) is 0. The van der Waals surface area contributed by atoms with E-state index in [1.165, 1.54) is 81.5 Å². The molecule has 0 N–H and O–H groups in total. The Labute approximate surface area is 559 Å². The average molecular weight is 1230 g/mol. The monoisotopic (exact) mass is 1230 g/mol. The van der Waals surface area contributed by atoms with E-state index in [0.29, 0.717) is 0 Å². The van der Waals surface area contributed by atoms with E-state index in [1.54, 1.807) is 0 Å². The molecular weight excluding hydrogens is 1180 g/mol. The Morgan fingerprint density at radius 2 is 0.485 bits per heavy atom. The standard InChI is InChI=1S/C90H57BN6/c1-3-26-58(27-4-1)62-30-7-15-40-74(62)96-82-54-52-60(92-76-42-17-13-36-68(76)70-38-23-50-86(89(70)92)94-78-44-19-9-32-64(78)65-33-10-20-45-79(65)94)56-72(82)91-73-57-61(53-55-83(73)97(85-49-25-48-84(96)88(85)91)75-41-16-8-31-63(75)59-28-5-2-6-29-59)93-77-43-18-14-37-69(77)71-39-24-51-87(90(71)93)95-80-46-21-11-34-66(80)67-35-12-22-47-81(67)95/h1-57H. The summed E-state index contributed by atoms with van der Waals surface area (Å²) >= 11 is 0. The van der Waals surface area contributed by atoms with Gasteiger partial charge < -0.3 is 28.1 Å². The van der Waals surface area contributed by atoms with Crippen molar-refractivity contribution < 1.29 is 0 Å². The predicted molar refractivity (Wildman–Crippen MR) is 409 cm³/mol. The number of fused-ring (bicyclic) bond motifs is 16. The van der Waals surface area contributed by atoms with Crippen LogP contribution in [-0.4, -0.2) is 25.0 Å². The van der Waals surface area contributed by atoms with Crippen LogP contribution in [0.4, 0.5) is 34.1 Å². The third-order valence-corrected chi connectivity index (χ3v) is 20.9. The first-order chi connectivity index (χ1) is 48.2. The van der Waals surface area contributed by atoms with Gasteiger partial charge in [-0.1, -0.05) is 237 Å². The summed E-state index contributed by atoms with van der Waals surface area (Å²) in [5, 5.41) is 9.74. The second kappa shape index (κ2) is 20.8. The molecule has 450 valence electrons. The summed E-state index contributed by atoms with van der Waals surface area (Å²) in [6, 6.07) is 129. The minimum atomic E-state index is -0.258. The first-order valence-corrected chi connectivity index (χ1v) is 33.5. The number of hydrogen-bond acceptors (Lipinski definition) is 2. The Bertz CT molecular complexity index is 5990. The van der Waals surface area contributed by atoms with Crippen LogP contribution in [0.3, 0.4) is 0 Å². The fourth-order valence-electron chi connectivity index (χ4n) is 17.0. The first kappa shape index (κ1) is 53.6. The molecule has 21 rings (SSSR count). The first-order valence-electron chi connectivity index (χ1n) is 33.5. The smallest absolute Gasteiger partial charge is 0.252 e. The van der Waals surface area contributed by atoms with Crippen molar-refractivity contribution in [2.75, 3.05) is 9.80 Å². The molecule has 97 heavy (non-hydrogen) atoms. The van der Waals surface area contributed by atoms with Crippen molar-refractivity contribution in [3.63, 3.8) is 0 Å².